The molecule has 1 spiro atoms. The Kier molecular flexibility index (Phi) is 6.74. The molecular formula is C58H40N2. The number of hydrogen-bond acceptors (Lipinski definition) is 1. The zero-order valence-corrected chi connectivity index (χ0v) is 33.5. The summed E-state index contributed by atoms with van der Waals surface area (Å²) >= 11 is 0. The molecule has 0 unspecified atom stereocenters. The van der Waals surface area contributed by atoms with Crippen LogP contribution in [0.3, 0.4) is 0 Å². The number of hydrogen-bond donors (Lipinski definition) is 0. The Morgan fingerprint density at radius 1 is 0.333 bits per heavy atom. The van der Waals surface area contributed by atoms with Crippen molar-refractivity contribution in [2.75, 3.05) is 4.90 Å². The summed E-state index contributed by atoms with van der Waals surface area (Å²) < 4.78 is 2.46. The number of nitrogens with zero attached hydrogens (tertiary/aromatic N) is 2. The summed E-state index contributed by atoms with van der Waals surface area (Å²) in [4.78, 5) is 2.46. The summed E-state index contributed by atoms with van der Waals surface area (Å²) in [6.07, 6.45) is 0. The SMILES string of the molecule is CC1(C)c2ccccc2-c2ccc(N(c3ccccc3)c3ccc4c(c3)C3(c5ccccc5-c5ccccc53)c3cc(-n5c6ccccc6c6ccccc65)ccc3-4)cc21. The maximum atomic E-state index is 2.51. The van der Waals surface area contributed by atoms with Crippen LogP contribution in [-0.4, -0.2) is 4.57 Å². The molecule has 0 saturated carbocycles. The van der Waals surface area contributed by atoms with Crippen LogP contribution >= 0.6 is 0 Å². The van der Waals surface area contributed by atoms with E-state index in [9.17, 15) is 0 Å². The van der Waals surface area contributed by atoms with E-state index in [1.807, 2.05) is 0 Å². The zero-order chi connectivity index (χ0) is 39.7. The third-order valence-corrected chi connectivity index (χ3v) is 14.0. The summed E-state index contributed by atoms with van der Waals surface area (Å²) in [5.41, 5.74) is 22.3. The van der Waals surface area contributed by atoms with Gasteiger partial charge in [-0.15, -0.1) is 0 Å². The van der Waals surface area contributed by atoms with Gasteiger partial charge in [0.15, 0.2) is 0 Å². The predicted octanol–water partition coefficient (Wildman–Crippen LogP) is 14.9. The van der Waals surface area contributed by atoms with Gasteiger partial charge in [0, 0.05) is 38.9 Å². The maximum Gasteiger partial charge on any atom is 0.0727 e. The van der Waals surface area contributed by atoms with Crippen LogP contribution in [-0.2, 0) is 10.8 Å². The minimum Gasteiger partial charge on any atom is -0.310 e. The van der Waals surface area contributed by atoms with Crippen molar-refractivity contribution in [3.63, 3.8) is 0 Å². The first-order valence-corrected chi connectivity index (χ1v) is 21.1. The Morgan fingerprint density at radius 2 is 0.767 bits per heavy atom. The van der Waals surface area contributed by atoms with Crippen molar-refractivity contribution in [2.24, 2.45) is 0 Å². The average Bonchev–Trinajstić information content (AvgIpc) is 3.97. The van der Waals surface area contributed by atoms with Gasteiger partial charge in [0.25, 0.3) is 0 Å². The van der Waals surface area contributed by atoms with Gasteiger partial charge in [-0.3, -0.25) is 0 Å². The fourth-order valence-corrected chi connectivity index (χ4v) is 11.4. The van der Waals surface area contributed by atoms with Crippen molar-refractivity contribution in [1.29, 1.82) is 0 Å². The van der Waals surface area contributed by atoms with Gasteiger partial charge in [0.1, 0.15) is 0 Å². The maximum absolute atomic E-state index is 2.51. The lowest BCUT2D eigenvalue weighted by molar-refractivity contribution is 0.660. The molecule has 2 nitrogen and oxygen atoms in total. The molecule has 0 bridgehead atoms. The monoisotopic (exact) mass is 764 g/mol. The van der Waals surface area contributed by atoms with E-state index in [2.05, 4.69) is 230 Å². The summed E-state index contributed by atoms with van der Waals surface area (Å²) in [5.74, 6) is 0. The average molecular weight is 765 g/mol. The van der Waals surface area contributed by atoms with Crippen molar-refractivity contribution in [2.45, 2.75) is 24.7 Å². The summed E-state index contributed by atoms with van der Waals surface area (Å²) in [5, 5.41) is 2.54. The smallest absolute Gasteiger partial charge is 0.0727 e. The van der Waals surface area contributed by atoms with Crippen molar-refractivity contribution >= 4 is 38.9 Å². The molecule has 1 heterocycles. The molecule has 0 N–H and O–H groups in total. The number of aromatic nitrogens is 1. The second-order valence-electron chi connectivity index (χ2n) is 17.2. The van der Waals surface area contributed by atoms with Crippen molar-refractivity contribution in [1.82, 2.24) is 4.57 Å². The molecule has 1 aromatic heterocycles. The molecule has 3 aliphatic carbocycles. The van der Waals surface area contributed by atoms with E-state index < -0.39 is 5.41 Å². The van der Waals surface area contributed by atoms with Crippen LogP contribution in [0.15, 0.2) is 206 Å². The third-order valence-electron chi connectivity index (χ3n) is 14.0. The van der Waals surface area contributed by atoms with Crippen molar-refractivity contribution in [3.05, 3.63) is 240 Å². The van der Waals surface area contributed by atoms with Gasteiger partial charge in [0.05, 0.1) is 16.4 Å². The van der Waals surface area contributed by atoms with E-state index in [0.717, 1.165) is 17.1 Å². The molecule has 282 valence electrons. The Morgan fingerprint density at radius 3 is 1.38 bits per heavy atom. The molecule has 0 aliphatic heterocycles. The highest BCUT2D eigenvalue weighted by Gasteiger charge is 2.52. The third kappa shape index (κ3) is 4.27. The summed E-state index contributed by atoms with van der Waals surface area (Å²) in [6, 6.07) is 77.3. The van der Waals surface area contributed by atoms with Crippen LogP contribution in [0.4, 0.5) is 17.1 Å². The van der Waals surface area contributed by atoms with Crippen LogP contribution < -0.4 is 4.90 Å². The standard InChI is InChI=1S/C58H40N2/c1-57(2)49-23-11-6-18-41(49)44-31-28-38(34-52(44)57)59(37-16-4-3-5-17-37)39-29-32-45-46-33-30-40(60-55-26-14-9-21-47(55)48-22-10-15-27-56(48)60)36-54(46)58(53(45)35-39)50-24-12-7-19-42(50)43-20-8-13-25-51(43)58/h3-36H,1-2H3. The van der Waals surface area contributed by atoms with Gasteiger partial charge in [-0.05, 0) is 127 Å². The minimum absolute atomic E-state index is 0.112. The Hall–Kier alpha value is -7.42. The van der Waals surface area contributed by atoms with E-state index in [1.54, 1.807) is 0 Å². The molecular weight excluding hydrogens is 725 g/mol. The highest BCUT2D eigenvalue weighted by Crippen LogP contribution is 2.64. The van der Waals surface area contributed by atoms with E-state index in [-0.39, 0.29) is 5.41 Å². The number of rotatable bonds is 4. The molecule has 0 saturated heterocycles. The van der Waals surface area contributed by atoms with Crippen LogP contribution in [0, 0.1) is 0 Å². The van der Waals surface area contributed by atoms with Gasteiger partial charge in [0.2, 0.25) is 0 Å². The van der Waals surface area contributed by atoms with Crippen molar-refractivity contribution < 1.29 is 0 Å². The molecule has 13 rings (SSSR count). The van der Waals surface area contributed by atoms with E-state index >= 15 is 0 Å². The Labute approximate surface area is 350 Å². The predicted molar refractivity (Wildman–Crippen MR) is 249 cm³/mol. The molecule has 60 heavy (non-hydrogen) atoms. The van der Waals surface area contributed by atoms with Crippen LogP contribution in [0.25, 0.3) is 60.9 Å². The first-order chi connectivity index (χ1) is 29.5. The van der Waals surface area contributed by atoms with Gasteiger partial charge < -0.3 is 9.47 Å². The van der Waals surface area contributed by atoms with E-state index in [1.165, 1.54) is 94.3 Å². The fraction of sp³-hybridized carbons (Fsp3) is 0.0690. The van der Waals surface area contributed by atoms with Crippen LogP contribution in [0.5, 0.6) is 0 Å². The van der Waals surface area contributed by atoms with Gasteiger partial charge >= 0.3 is 0 Å². The lowest BCUT2D eigenvalue weighted by Crippen LogP contribution is -2.26. The molecule has 2 heteroatoms. The van der Waals surface area contributed by atoms with Crippen LogP contribution in [0.1, 0.15) is 47.2 Å². The van der Waals surface area contributed by atoms with Gasteiger partial charge in [-0.2, -0.15) is 0 Å². The van der Waals surface area contributed by atoms with E-state index in [0.29, 0.717) is 0 Å². The molecule has 0 atom stereocenters. The lowest BCUT2D eigenvalue weighted by atomic mass is 9.70. The normalized spacial score (nSPS) is 14.4. The minimum atomic E-state index is -0.521. The number of para-hydroxylation sites is 3. The molecule has 0 amide bonds. The van der Waals surface area contributed by atoms with E-state index in [4.69, 9.17) is 0 Å². The highest BCUT2D eigenvalue weighted by atomic mass is 15.1. The lowest BCUT2D eigenvalue weighted by Gasteiger charge is -2.32. The highest BCUT2D eigenvalue weighted by molar-refractivity contribution is 6.09. The quantitative estimate of drug-likeness (QED) is 0.173. The molecule has 10 aromatic rings. The molecule has 0 fully saturated rings. The Bertz CT molecular complexity index is 3320. The largest absolute Gasteiger partial charge is 0.310 e. The van der Waals surface area contributed by atoms with Gasteiger partial charge in [-0.1, -0.05) is 159 Å². The van der Waals surface area contributed by atoms with Crippen LogP contribution in [0.2, 0.25) is 0 Å². The fourth-order valence-electron chi connectivity index (χ4n) is 11.4. The zero-order valence-electron chi connectivity index (χ0n) is 33.5. The molecule has 0 radical (unpaired) electrons. The first kappa shape index (κ1) is 33.5. The summed E-state index contributed by atoms with van der Waals surface area (Å²) in [7, 11) is 0. The Balaban J connectivity index is 1.07. The van der Waals surface area contributed by atoms with Gasteiger partial charge in [-0.25, -0.2) is 0 Å². The molecule has 9 aromatic carbocycles. The number of anilines is 3. The number of fused-ring (bicyclic) bond motifs is 16. The summed E-state index contributed by atoms with van der Waals surface area (Å²) in [6.45, 7) is 4.74. The topological polar surface area (TPSA) is 8.17 Å². The second kappa shape index (κ2) is 12.1. The first-order valence-electron chi connectivity index (χ1n) is 21.1. The molecule has 3 aliphatic rings. The van der Waals surface area contributed by atoms with Crippen molar-refractivity contribution in [3.8, 4) is 39.1 Å². The second-order valence-corrected chi connectivity index (χ2v) is 17.2. The number of benzene rings is 9.